The molecule has 1 aliphatic heterocycles. The fourth-order valence-corrected chi connectivity index (χ4v) is 1.37. The van der Waals surface area contributed by atoms with Crippen molar-refractivity contribution in [1.82, 2.24) is 0 Å². The minimum Gasteiger partial charge on any atom is -0.454 e. The predicted molar refractivity (Wildman–Crippen MR) is 52.6 cm³/mol. The summed E-state index contributed by atoms with van der Waals surface area (Å²) in [5.41, 5.74) is 0.911. The van der Waals surface area contributed by atoms with Crippen LogP contribution in [0.3, 0.4) is 0 Å². The Morgan fingerprint density at radius 3 is 3.07 bits per heavy atom. The van der Waals surface area contributed by atoms with Gasteiger partial charge in [-0.3, -0.25) is 0 Å². The summed E-state index contributed by atoms with van der Waals surface area (Å²) in [5.74, 6) is 0.797. The number of hydrogen-bond donors (Lipinski definition) is 1. The Morgan fingerprint density at radius 1 is 1.50 bits per heavy atom. The van der Waals surface area contributed by atoms with Crippen molar-refractivity contribution < 1.29 is 17.3 Å². The Labute approximate surface area is 86.1 Å². The molecule has 0 bridgehead atoms. The Bertz CT molecular complexity index is 393. The van der Waals surface area contributed by atoms with E-state index in [4.69, 9.17) is 12.2 Å². The number of hydrogen-bond acceptors (Lipinski definition) is 3. The van der Waals surface area contributed by atoms with Crippen LogP contribution < -0.4 is 9.47 Å². The Kier molecular flexibility index (Phi) is 1.97. The van der Waals surface area contributed by atoms with Gasteiger partial charge in [-0.05, 0) is 30.5 Å². The van der Waals surface area contributed by atoms with Gasteiger partial charge in [-0.25, -0.2) is 0 Å². The minimum absolute atomic E-state index is 0.378. The first-order valence-electron chi connectivity index (χ1n) is 5.69. The van der Waals surface area contributed by atoms with E-state index in [1.807, 2.05) is 13.0 Å². The zero-order valence-electron chi connectivity index (χ0n) is 9.99. The average molecular weight is 196 g/mol. The molecule has 0 fully saturated rings. The molecule has 1 atom stereocenters. The second-order valence-electron chi connectivity index (χ2n) is 3.33. The molecule has 2 rings (SSSR count). The lowest BCUT2D eigenvalue weighted by atomic mass is 10.1. The zero-order chi connectivity index (χ0) is 11.8. The molecule has 0 aromatic heterocycles. The van der Waals surface area contributed by atoms with Crippen LogP contribution in [0.25, 0.3) is 0 Å². The molecule has 0 radical (unpaired) electrons. The highest BCUT2D eigenvalue weighted by atomic mass is 16.7. The molecule has 1 aromatic rings. The summed E-state index contributed by atoms with van der Waals surface area (Å²) in [7, 11) is 0. The molecule has 0 amide bonds. The van der Waals surface area contributed by atoms with Crippen LogP contribution in [0.15, 0.2) is 18.2 Å². The summed E-state index contributed by atoms with van der Waals surface area (Å²) in [6, 6.07) is 5.18. The maximum absolute atomic E-state index is 9.52. The van der Waals surface area contributed by atoms with Crippen LogP contribution in [0.5, 0.6) is 11.5 Å². The van der Waals surface area contributed by atoms with Crippen molar-refractivity contribution in [2.45, 2.75) is 25.9 Å². The predicted octanol–water partition coefficient (Wildman–Crippen LogP) is 1.73. The standard InChI is InChI=1S/C11H14O3/c1-2-9(12)5-8-3-4-10-11(6-8)14-7-13-10/h3-4,6,9,12H,2,5,7H2,1H3/i7D2. The van der Waals surface area contributed by atoms with Crippen LogP contribution in [0, 0.1) is 0 Å². The molecule has 1 N–H and O–H groups in total. The van der Waals surface area contributed by atoms with Gasteiger partial charge < -0.3 is 14.6 Å². The summed E-state index contributed by atoms with van der Waals surface area (Å²) in [6.45, 7) is -0.166. The first kappa shape index (κ1) is 7.12. The number of ether oxygens (including phenoxy) is 2. The van der Waals surface area contributed by atoms with Crippen molar-refractivity contribution in [1.29, 1.82) is 0 Å². The van der Waals surface area contributed by atoms with Gasteiger partial charge in [0.2, 0.25) is 6.75 Å². The van der Waals surface area contributed by atoms with Crippen LogP contribution >= 0.6 is 0 Å². The second-order valence-corrected chi connectivity index (χ2v) is 3.33. The largest absolute Gasteiger partial charge is 0.454 e. The molecular weight excluding hydrogens is 180 g/mol. The lowest BCUT2D eigenvalue weighted by Gasteiger charge is -2.07. The zero-order valence-corrected chi connectivity index (χ0v) is 7.99. The fraction of sp³-hybridized carbons (Fsp3) is 0.455. The quantitative estimate of drug-likeness (QED) is 0.800. The van der Waals surface area contributed by atoms with E-state index in [1.54, 1.807) is 12.1 Å². The lowest BCUT2D eigenvalue weighted by molar-refractivity contribution is 0.170. The van der Waals surface area contributed by atoms with E-state index in [-0.39, 0.29) is 6.10 Å². The summed E-state index contributed by atoms with van der Waals surface area (Å²) >= 11 is 0. The summed E-state index contributed by atoms with van der Waals surface area (Å²) in [5, 5.41) is 9.52. The fourth-order valence-electron chi connectivity index (χ4n) is 1.37. The number of aliphatic hydroxyl groups excluding tert-OH is 1. The normalized spacial score (nSPS) is 21.3. The van der Waals surface area contributed by atoms with E-state index in [0.29, 0.717) is 24.3 Å². The average Bonchev–Trinajstić information content (AvgIpc) is 2.51. The molecule has 14 heavy (non-hydrogen) atoms. The molecule has 1 heterocycles. The van der Waals surface area contributed by atoms with Crippen LogP contribution in [-0.2, 0) is 6.42 Å². The minimum atomic E-state index is -2.08. The molecule has 0 spiro atoms. The van der Waals surface area contributed by atoms with Gasteiger partial charge in [-0.15, -0.1) is 0 Å². The summed E-state index contributed by atoms with van der Waals surface area (Å²) < 4.78 is 24.5. The SMILES string of the molecule is [2H]C1([2H])Oc2ccc(CC(O)CC)cc2O1. The molecule has 3 nitrogen and oxygen atoms in total. The van der Waals surface area contributed by atoms with E-state index in [9.17, 15) is 5.11 Å². The molecule has 0 aliphatic carbocycles. The Hall–Kier alpha value is -1.22. The molecule has 1 unspecified atom stereocenters. The van der Waals surface area contributed by atoms with Gasteiger partial charge >= 0.3 is 0 Å². The van der Waals surface area contributed by atoms with Gasteiger partial charge in [-0.2, -0.15) is 0 Å². The third kappa shape index (κ3) is 1.82. The van der Waals surface area contributed by atoms with Crippen LogP contribution in [0.2, 0.25) is 0 Å². The molecule has 3 heteroatoms. The van der Waals surface area contributed by atoms with Crippen LogP contribution in [-0.4, -0.2) is 18.0 Å². The van der Waals surface area contributed by atoms with Crippen molar-refractivity contribution in [3.05, 3.63) is 23.8 Å². The van der Waals surface area contributed by atoms with Gasteiger partial charge in [0.25, 0.3) is 0 Å². The van der Waals surface area contributed by atoms with E-state index in [1.165, 1.54) is 0 Å². The monoisotopic (exact) mass is 196 g/mol. The molecule has 1 aliphatic rings. The van der Waals surface area contributed by atoms with Crippen molar-refractivity contribution in [2.24, 2.45) is 0 Å². The van der Waals surface area contributed by atoms with E-state index in [0.717, 1.165) is 5.56 Å². The Balaban J connectivity index is 2.16. The van der Waals surface area contributed by atoms with Gasteiger partial charge in [0.05, 0.1) is 6.10 Å². The smallest absolute Gasteiger partial charge is 0.231 e. The highest BCUT2D eigenvalue weighted by Crippen LogP contribution is 2.32. The van der Waals surface area contributed by atoms with E-state index >= 15 is 0 Å². The van der Waals surface area contributed by atoms with Crippen LogP contribution in [0.1, 0.15) is 21.6 Å². The number of rotatable bonds is 3. The molecule has 0 saturated carbocycles. The van der Waals surface area contributed by atoms with Gasteiger partial charge in [-0.1, -0.05) is 13.0 Å². The summed E-state index contributed by atoms with van der Waals surface area (Å²) in [4.78, 5) is 0. The molecule has 1 aromatic carbocycles. The van der Waals surface area contributed by atoms with Crippen molar-refractivity contribution in [3.63, 3.8) is 0 Å². The second kappa shape index (κ2) is 3.88. The molecular formula is C11H14O3. The van der Waals surface area contributed by atoms with E-state index in [2.05, 4.69) is 0 Å². The topological polar surface area (TPSA) is 38.7 Å². The Morgan fingerprint density at radius 2 is 2.29 bits per heavy atom. The number of fused-ring (bicyclic) bond motifs is 1. The van der Waals surface area contributed by atoms with Gasteiger partial charge in [0, 0.05) is 0 Å². The maximum atomic E-state index is 9.52. The molecule has 76 valence electrons. The third-order valence-corrected chi connectivity index (χ3v) is 2.25. The van der Waals surface area contributed by atoms with Gasteiger partial charge in [0.1, 0.15) is 2.74 Å². The maximum Gasteiger partial charge on any atom is 0.231 e. The first-order chi connectivity index (χ1) is 7.50. The van der Waals surface area contributed by atoms with Crippen LogP contribution in [0.4, 0.5) is 0 Å². The first-order valence-corrected chi connectivity index (χ1v) is 4.69. The highest BCUT2D eigenvalue weighted by Gasteiger charge is 2.13. The third-order valence-electron chi connectivity index (χ3n) is 2.25. The lowest BCUT2D eigenvalue weighted by Crippen LogP contribution is -2.08. The van der Waals surface area contributed by atoms with Crippen molar-refractivity contribution in [2.75, 3.05) is 6.75 Å². The summed E-state index contributed by atoms with van der Waals surface area (Å²) in [6.07, 6.45) is 0.850. The number of aliphatic hydroxyl groups is 1. The molecule has 0 saturated heterocycles. The highest BCUT2D eigenvalue weighted by molar-refractivity contribution is 5.44. The van der Waals surface area contributed by atoms with Crippen molar-refractivity contribution >= 4 is 0 Å². The number of benzene rings is 1. The van der Waals surface area contributed by atoms with Gasteiger partial charge in [0.15, 0.2) is 11.5 Å². The van der Waals surface area contributed by atoms with Crippen molar-refractivity contribution in [3.8, 4) is 11.5 Å². The van der Waals surface area contributed by atoms with E-state index < -0.39 is 6.75 Å².